The molecule has 0 aromatic rings. The second kappa shape index (κ2) is 20.2. The number of hydrogen-bond acceptors (Lipinski definition) is 10. The zero-order valence-corrected chi connectivity index (χ0v) is 19.7. The zero-order chi connectivity index (χ0) is 22.6. The molecular formula is C19H37N3O6S2. The van der Waals surface area contributed by atoms with Crippen molar-refractivity contribution in [2.24, 2.45) is 17.4 Å². The van der Waals surface area contributed by atoms with Crippen molar-refractivity contribution in [2.45, 2.75) is 32.7 Å². The lowest BCUT2D eigenvalue weighted by atomic mass is 9.97. The highest BCUT2D eigenvalue weighted by molar-refractivity contribution is 8.76. The van der Waals surface area contributed by atoms with Crippen LogP contribution < -0.4 is 16.8 Å². The molecule has 0 heterocycles. The first kappa shape index (κ1) is 29.3. The first-order valence-corrected chi connectivity index (χ1v) is 12.7. The van der Waals surface area contributed by atoms with E-state index in [0.29, 0.717) is 70.7 Å². The van der Waals surface area contributed by atoms with Crippen LogP contribution in [-0.2, 0) is 28.6 Å². The highest BCUT2D eigenvalue weighted by atomic mass is 33.1. The van der Waals surface area contributed by atoms with Crippen molar-refractivity contribution in [1.82, 2.24) is 5.32 Å². The molecule has 0 aliphatic carbocycles. The number of ketones is 2. The van der Waals surface area contributed by atoms with Crippen molar-refractivity contribution in [2.75, 3.05) is 64.2 Å². The summed E-state index contributed by atoms with van der Waals surface area (Å²) in [5.41, 5.74) is 11.0. The van der Waals surface area contributed by atoms with Gasteiger partial charge in [-0.25, -0.2) is 0 Å². The third-order valence-electron chi connectivity index (χ3n) is 3.78. The Labute approximate surface area is 187 Å². The molecule has 0 saturated heterocycles. The Morgan fingerprint density at radius 1 is 0.867 bits per heavy atom. The maximum absolute atomic E-state index is 11.8. The summed E-state index contributed by atoms with van der Waals surface area (Å²) in [4.78, 5) is 35.2. The first-order valence-electron chi connectivity index (χ1n) is 10.2. The van der Waals surface area contributed by atoms with Gasteiger partial charge in [-0.05, 0) is 5.92 Å². The number of amides is 1. The van der Waals surface area contributed by atoms with E-state index in [1.165, 1.54) is 10.8 Å². The number of nitrogens with one attached hydrogen (secondary N) is 1. The Morgan fingerprint density at radius 3 is 2.03 bits per heavy atom. The molecule has 9 nitrogen and oxygen atoms in total. The Hall–Kier alpha value is -0.690. The molecule has 0 unspecified atom stereocenters. The quantitative estimate of drug-likeness (QED) is 0.123. The Kier molecular flexibility index (Phi) is 19.8. The van der Waals surface area contributed by atoms with Gasteiger partial charge in [0, 0.05) is 37.4 Å². The van der Waals surface area contributed by atoms with Gasteiger partial charge in [0.25, 0.3) is 0 Å². The van der Waals surface area contributed by atoms with Crippen molar-refractivity contribution in [3.05, 3.63) is 0 Å². The number of hydrogen-bond donors (Lipinski definition) is 3. The third-order valence-corrected chi connectivity index (χ3v) is 6.19. The smallest absolute Gasteiger partial charge is 0.222 e. The number of Topliss-reactive ketones (excluding diaryl/α,β-unsaturated/α-hetero) is 2. The molecule has 1 atom stereocenters. The number of ether oxygens (including phenoxy) is 3. The van der Waals surface area contributed by atoms with E-state index < -0.39 is 17.6 Å². The van der Waals surface area contributed by atoms with Crippen LogP contribution in [0.4, 0.5) is 0 Å². The zero-order valence-electron chi connectivity index (χ0n) is 18.1. The van der Waals surface area contributed by atoms with E-state index in [9.17, 15) is 14.4 Å². The fourth-order valence-electron chi connectivity index (χ4n) is 1.97. The fourth-order valence-corrected chi connectivity index (χ4v) is 3.87. The molecule has 0 aliphatic rings. The summed E-state index contributed by atoms with van der Waals surface area (Å²) in [6, 6.07) is -0.720. The molecule has 0 aromatic heterocycles. The predicted octanol–water partition coefficient (Wildman–Crippen LogP) is 0.394. The molecule has 0 bridgehead atoms. The topological polar surface area (TPSA) is 143 Å². The highest BCUT2D eigenvalue weighted by Crippen LogP contribution is 2.21. The maximum atomic E-state index is 11.8. The number of carbonyl (C=O) groups excluding carboxylic acids is 3. The van der Waals surface area contributed by atoms with Gasteiger partial charge in [-0.1, -0.05) is 35.4 Å². The van der Waals surface area contributed by atoms with Gasteiger partial charge in [-0.15, -0.1) is 0 Å². The van der Waals surface area contributed by atoms with Crippen LogP contribution in [0.15, 0.2) is 0 Å². The van der Waals surface area contributed by atoms with Gasteiger partial charge in [0.2, 0.25) is 17.5 Å². The molecule has 0 aromatic carbocycles. The van der Waals surface area contributed by atoms with Gasteiger partial charge in [0.05, 0.1) is 45.7 Å². The lowest BCUT2D eigenvalue weighted by Crippen LogP contribution is -2.40. The molecule has 5 N–H and O–H groups in total. The standard InChI is InChI=1S/C19H37N3O6S2/c1-15(2)18(21)19(25)16(23)4-13-29-30-14-6-22-17(24)3-7-26-9-11-28-12-10-27-8-5-20/h15,18H,3-14,20-21H2,1-2H3,(H,22,24)/t18-/m0/s1. The minimum atomic E-state index is -0.720. The van der Waals surface area contributed by atoms with E-state index in [-0.39, 0.29) is 18.2 Å². The SMILES string of the molecule is CC(C)[C@H](N)C(=O)C(=O)CCSSCCNC(=O)CCOCCOCCOCCN. The van der Waals surface area contributed by atoms with Crippen LogP contribution in [0, 0.1) is 5.92 Å². The Morgan fingerprint density at radius 2 is 1.43 bits per heavy atom. The van der Waals surface area contributed by atoms with E-state index in [1.807, 2.05) is 13.8 Å². The highest BCUT2D eigenvalue weighted by Gasteiger charge is 2.23. The number of rotatable bonds is 21. The van der Waals surface area contributed by atoms with Crippen molar-refractivity contribution in [3.63, 3.8) is 0 Å². The summed E-state index contributed by atoms with van der Waals surface area (Å²) in [7, 11) is 3.05. The van der Waals surface area contributed by atoms with Crippen LogP contribution in [0.1, 0.15) is 26.7 Å². The fraction of sp³-hybridized carbons (Fsp3) is 0.842. The van der Waals surface area contributed by atoms with Gasteiger partial charge in [0.15, 0.2) is 0 Å². The Balaban J connectivity index is 3.43. The van der Waals surface area contributed by atoms with Crippen molar-refractivity contribution < 1.29 is 28.6 Å². The van der Waals surface area contributed by atoms with Gasteiger partial charge in [-0.3, -0.25) is 14.4 Å². The summed E-state index contributed by atoms with van der Waals surface area (Å²) < 4.78 is 15.8. The van der Waals surface area contributed by atoms with Gasteiger partial charge in [-0.2, -0.15) is 0 Å². The second-order valence-corrected chi connectivity index (χ2v) is 9.38. The normalized spacial score (nSPS) is 12.2. The van der Waals surface area contributed by atoms with Crippen LogP contribution >= 0.6 is 21.6 Å². The average molecular weight is 468 g/mol. The second-order valence-electron chi connectivity index (χ2n) is 6.68. The molecule has 176 valence electrons. The molecule has 0 fully saturated rings. The molecule has 0 spiro atoms. The van der Waals surface area contributed by atoms with E-state index in [0.717, 1.165) is 0 Å². The molecule has 11 heteroatoms. The molecule has 0 radical (unpaired) electrons. The summed E-state index contributed by atoms with van der Waals surface area (Å²) >= 11 is 0. The van der Waals surface area contributed by atoms with E-state index in [1.54, 1.807) is 10.8 Å². The molecular weight excluding hydrogens is 430 g/mol. The lowest BCUT2D eigenvalue weighted by Gasteiger charge is -2.12. The largest absolute Gasteiger partial charge is 0.379 e. The van der Waals surface area contributed by atoms with Crippen LogP contribution in [-0.4, -0.2) is 87.8 Å². The van der Waals surface area contributed by atoms with E-state index in [2.05, 4.69) is 5.32 Å². The Bertz CT molecular complexity index is 483. The van der Waals surface area contributed by atoms with Crippen molar-refractivity contribution >= 4 is 39.1 Å². The van der Waals surface area contributed by atoms with Crippen LogP contribution in [0.5, 0.6) is 0 Å². The molecule has 1 amide bonds. The van der Waals surface area contributed by atoms with E-state index in [4.69, 9.17) is 25.7 Å². The first-order chi connectivity index (χ1) is 14.4. The van der Waals surface area contributed by atoms with Crippen molar-refractivity contribution in [3.8, 4) is 0 Å². The molecule has 0 aliphatic heterocycles. The van der Waals surface area contributed by atoms with Crippen LogP contribution in [0.25, 0.3) is 0 Å². The van der Waals surface area contributed by atoms with Gasteiger partial charge in [0.1, 0.15) is 0 Å². The summed E-state index contributed by atoms with van der Waals surface area (Å²) in [5, 5.41) is 2.81. The summed E-state index contributed by atoms with van der Waals surface area (Å²) in [5.74, 6) is 0.238. The third kappa shape index (κ3) is 17.0. The minimum absolute atomic E-state index is 0.0440. The summed E-state index contributed by atoms with van der Waals surface area (Å²) in [6.45, 7) is 7.44. The monoisotopic (exact) mass is 467 g/mol. The lowest BCUT2D eigenvalue weighted by molar-refractivity contribution is -0.137. The van der Waals surface area contributed by atoms with E-state index >= 15 is 0 Å². The maximum Gasteiger partial charge on any atom is 0.222 e. The number of nitrogens with two attached hydrogens (primary N) is 2. The number of carbonyl (C=O) groups is 3. The predicted molar refractivity (Wildman–Crippen MR) is 121 cm³/mol. The van der Waals surface area contributed by atoms with Crippen molar-refractivity contribution in [1.29, 1.82) is 0 Å². The average Bonchev–Trinajstić information content (AvgIpc) is 2.72. The van der Waals surface area contributed by atoms with Gasteiger partial charge < -0.3 is 31.0 Å². The molecule has 30 heavy (non-hydrogen) atoms. The van der Waals surface area contributed by atoms with Crippen LogP contribution in [0.3, 0.4) is 0 Å². The van der Waals surface area contributed by atoms with Crippen LogP contribution in [0.2, 0.25) is 0 Å². The van der Waals surface area contributed by atoms with Gasteiger partial charge >= 0.3 is 0 Å². The molecule has 0 saturated carbocycles. The minimum Gasteiger partial charge on any atom is -0.379 e. The summed E-state index contributed by atoms with van der Waals surface area (Å²) in [6.07, 6.45) is 0.481. The molecule has 0 rings (SSSR count).